The molecule has 4 heteroatoms. The van der Waals surface area contributed by atoms with Crippen molar-refractivity contribution < 1.29 is 9.90 Å². The van der Waals surface area contributed by atoms with Crippen molar-refractivity contribution in [2.24, 2.45) is 0 Å². The number of para-hydroxylation sites is 1. The highest BCUT2D eigenvalue weighted by Crippen LogP contribution is 2.18. The van der Waals surface area contributed by atoms with Crippen LogP contribution in [0.1, 0.15) is 27.0 Å². The van der Waals surface area contributed by atoms with Crippen molar-refractivity contribution in [3.8, 4) is 5.75 Å². The van der Waals surface area contributed by atoms with Gasteiger partial charge in [0, 0.05) is 19.6 Å². The molecule has 2 aromatic rings. The fourth-order valence-corrected chi connectivity index (χ4v) is 2.40. The largest absolute Gasteiger partial charge is 0.507 e. The van der Waals surface area contributed by atoms with Crippen LogP contribution in [0.4, 0.5) is 0 Å². The number of aromatic hydroxyl groups is 1. The third-order valence-corrected chi connectivity index (χ3v) is 3.50. The number of amides is 1. The highest BCUT2D eigenvalue weighted by molar-refractivity contribution is 5.96. The molecule has 4 nitrogen and oxygen atoms in total. The molecule has 0 aromatic heterocycles. The Morgan fingerprint density at radius 1 is 1.15 bits per heavy atom. The van der Waals surface area contributed by atoms with E-state index < -0.39 is 0 Å². The van der Waals surface area contributed by atoms with Crippen LogP contribution in [0.3, 0.4) is 0 Å². The number of hydrogen-bond donors (Lipinski definition) is 3. The molecule has 1 amide bonds. The van der Waals surface area contributed by atoms with Gasteiger partial charge < -0.3 is 15.7 Å². The van der Waals surface area contributed by atoms with E-state index in [4.69, 9.17) is 0 Å². The standard InChI is InChI=1S/C16H16N2O2/c19-15-4-2-1-3-14(15)16(20)18-8-11-5-6-12-9-17-10-13(12)7-11/h1-7,17,19H,8-10H2,(H,18,20). The lowest BCUT2D eigenvalue weighted by molar-refractivity contribution is 0.0948. The number of rotatable bonds is 3. The first kappa shape index (κ1) is 12.7. The molecule has 3 N–H and O–H groups in total. The maximum atomic E-state index is 12.0. The number of benzene rings is 2. The minimum Gasteiger partial charge on any atom is -0.507 e. The van der Waals surface area contributed by atoms with Gasteiger partial charge in [0.2, 0.25) is 0 Å². The Balaban J connectivity index is 1.68. The van der Waals surface area contributed by atoms with E-state index >= 15 is 0 Å². The maximum Gasteiger partial charge on any atom is 0.255 e. The number of carbonyl (C=O) groups is 1. The Labute approximate surface area is 117 Å². The monoisotopic (exact) mass is 268 g/mol. The lowest BCUT2D eigenvalue weighted by atomic mass is 10.1. The zero-order valence-corrected chi connectivity index (χ0v) is 11.0. The fraction of sp³-hybridized carbons (Fsp3) is 0.188. The van der Waals surface area contributed by atoms with Crippen LogP contribution in [0, 0.1) is 0 Å². The van der Waals surface area contributed by atoms with E-state index in [9.17, 15) is 9.90 Å². The van der Waals surface area contributed by atoms with Gasteiger partial charge in [0.15, 0.2) is 0 Å². The van der Waals surface area contributed by atoms with E-state index in [1.165, 1.54) is 17.2 Å². The van der Waals surface area contributed by atoms with Gasteiger partial charge in [-0.05, 0) is 28.8 Å². The molecule has 2 aromatic carbocycles. The molecule has 0 fully saturated rings. The summed E-state index contributed by atoms with van der Waals surface area (Å²) in [6, 6.07) is 12.8. The summed E-state index contributed by atoms with van der Waals surface area (Å²) in [4.78, 5) is 12.0. The second kappa shape index (κ2) is 5.35. The molecule has 0 atom stereocenters. The second-order valence-electron chi connectivity index (χ2n) is 4.91. The molecule has 20 heavy (non-hydrogen) atoms. The van der Waals surface area contributed by atoms with Crippen molar-refractivity contribution in [1.29, 1.82) is 0 Å². The Morgan fingerprint density at radius 2 is 1.95 bits per heavy atom. The van der Waals surface area contributed by atoms with E-state index in [1.807, 2.05) is 6.07 Å². The van der Waals surface area contributed by atoms with Gasteiger partial charge in [-0.15, -0.1) is 0 Å². The van der Waals surface area contributed by atoms with Gasteiger partial charge in [0.05, 0.1) is 5.56 Å². The van der Waals surface area contributed by atoms with Gasteiger partial charge in [-0.25, -0.2) is 0 Å². The zero-order valence-electron chi connectivity index (χ0n) is 11.0. The molecule has 0 radical (unpaired) electrons. The smallest absolute Gasteiger partial charge is 0.255 e. The summed E-state index contributed by atoms with van der Waals surface area (Å²) >= 11 is 0. The van der Waals surface area contributed by atoms with E-state index in [0.717, 1.165) is 18.7 Å². The predicted molar refractivity (Wildman–Crippen MR) is 76.3 cm³/mol. The molecule has 1 aliphatic rings. The van der Waals surface area contributed by atoms with Crippen LogP contribution in [0.25, 0.3) is 0 Å². The molecule has 0 unspecified atom stereocenters. The molecule has 1 aliphatic heterocycles. The molecule has 0 saturated carbocycles. The highest BCUT2D eigenvalue weighted by Gasteiger charge is 2.12. The average Bonchev–Trinajstić information content (AvgIpc) is 2.92. The van der Waals surface area contributed by atoms with Crippen molar-refractivity contribution in [2.45, 2.75) is 19.6 Å². The number of fused-ring (bicyclic) bond motifs is 1. The first-order chi connectivity index (χ1) is 9.74. The number of phenols is 1. The summed E-state index contributed by atoms with van der Waals surface area (Å²) in [5.41, 5.74) is 3.98. The number of nitrogens with one attached hydrogen (secondary N) is 2. The predicted octanol–water partition coefficient (Wildman–Crippen LogP) is 1.93. The fourth-order valence-electron chi connectivity index (χ4n) is 2.40. The summed E-state index contributed by atoms with van der Waals surface area (Å²) in [6.45, 7) is 2.26. The van der Waals surface area contributed by atoms with E-state index in [2.05, 4.69) is 22.8 Å². The van der Waals surface area contributed by atoms with Gasteiger partial charge in [0.25, 0.3) is 5.91 Å². The van der Waals surface area contributed by atoms with Gasteiger partial charge in [-0.2, -0.15) is 0 Å². The van der Waals surface area contributed by atoms with E-state index in [0.29, 0.717) is 12.1 Å². The molecular weight excluding hydrogens is 252 g/mol. The molecule has 0 spiro atoms. The van der Waals surface area contributed by atoms with Crippen molar-refractivity contribution in [3.63, 3.8) is 0 Å². The zero-order chi connectivity index (χ0) is 13.9. The maximum absolute atomic E-state index is 12.0. The van der Waals surface area contributed by atoms with Crippen LogP contribution in [-0.2, 0) is 19.6 Å². The lowest BCUT2D eigenvalue weighted by Crippen LogP contribution is -2.22. The first-order valence-corrected chi connectivity index (χ1v) is 6.61. The van der Waals surface area contributed by atoms with Crippen molar-refractivity contribution in [3.05, 3.63) is 64.7 Å². The van der Waals surface area contributed by atoms with Crippen LogP contribution in [0.15, 0.2) is 42.5 Å². The summed E-state index contributed by atoms with van der Waals surface area (Å²) in [7, 11) is 0. The summed E-state index contributed by atoms with van der Waals surface area (Å²) in [6.07, 6.45) is 0. The third-order valence-electron chi connectivity index (χ3n) is 3.50. The minimum atomic E-state index is -0.262. The third kappa shape index (κ3) is 2.51. The Hall–Kier alpha value is -2.33. The van der Waals surface area contributed by atoms with Gasteiger partial charge in [-0.1, -0.05) is 30.3 Å². The average molecular weight is 268 g/mol. The number of carbonyl (C=O) groups excluding carboxylic acids is 1. The molecule has 1 heterocycles. The summed E-state index contributed by atoms with van der Waals surface area (Å²) in [5.74, 6) is -0.259. The Kier molecular flexibility index (Phi) is 3.39. The summed E-state index contributed by atoms with van der Waals surface area (Å²) in [5, 5.41) is 15.8. The summed E-state index contributed by atoms with van der Waals surface area (Å²) < 4.78 is 0. The highest BCUT2D eigenvalue weighted by atomic mass is 16.3. The first-order valence-electron chi connectivity index (χ1n) is 6.61. The normalized spacial score (nSPS) is 13.0. The van der Waals surface area contributed by atoms with Crippen LogP contribution in [0.5, 0.6) is 5.75 Å². The topological polar surface area (TPSA) is 61.4 Å². The SMILES string of the molecule is O=C(NCc1ccc2c(c1)CNC2)c1ccccc1O. The molecular formula is C16H16N2O2. The molecule has 102 valence electrons. The number of hydrogen-bond acceptors (Lipinski definition) is 3. The minimum absolute atomic E-state index is 0.00292. The van der Waals surface area contributed by atoms with Crippen LogP contribution >= 0.6 is 0 Å². The molecule has 0 bridgehead atoms. The van der Waals surface area contributed by atoms with Crippen molar-refractivity contribution in [2.75, 3.05) is 0 Å². The molecule has 3 rings (SSSR count). The van der Waals surface area contributed by atoms with E-state index in [-0.39, 0.29) is 11.7 Å². The quantitative estimate of drug-likeness (QED) is 0.797. The molecule has 0 saturated heterocycles. The molecule has 0 aliphatic carbocycles. The van der Waals surface area contributed by atoms with Gasteiger partial charge in [0.1, 0.15) is 5.75 Å². The van der Waals surface area contributed by atoms with Crippen molar-refractivity contribution in [1.82, 2.24) is 10.6 Å². The van der Waals surface area contributed by atoms with Gasteiger partial charge in [-0.3, -0.25) is 4.79 Å². The Bertz CT molecular complexity index is 653. The van der Waals surface area contributed by atoms with E-state index in [1.54, 1.807) is 18.2 Å². The van der Waals surface area contributed by atoms with Crippen LogP contribution < -0.4 is 10.6 Å². The number of phenolic OH excluding ortho intramolecular Hbond substituents is 1. The van der Waals surface area contributed by atoms with Gasteiger partial charge >= 0.3 is 0 Å². The Morgan fingerprint density at radius 3 is 2.80 bits per heavy atom. The lowest BCUT2D eigenvalue weighted by Gasteiger charge is -2.08. The van der Waals surface area contributed by atoms with Crippen LogP contribution in [-0.4, -0.2) is 11.0 Å². The second-order valence-corrected chi connectivity index (χ2v) is 4.91. The van der Waals surface area contributed by atoms with Crippen LogP contribution in [0.2, 0.25) is 0 Å². The van der Waals surface area contributed by atoms with Crippen molar-refractivity contribution >= 4 is 5.91 Å².